The van der Waals surface area contributed by atoms with E-state index in [0.29, 0.717) is 0 Å². The lowest BCUT2D eigenvalue weighted by Gasteiger charge is -2.19. The smallest absolute Gasteiger partial charge is 0.408 e. The van der Waals surface area contributed by atoms with Crippen molar-refractivity contribution >= 4 is 6.09 Å². The topological polar surface area (TPSA) is 56.1 Å². The number of rotatable bonds is 4. The van der Waals surface area contributed by atoms with Crippen LogP contribution in [0, 0.1) is 0 Å². The van der Waals surface area contributed by atoms with Gasteiger partial charge < -0.3 is 14.6 Å². The van der Waals surface area contributed by atoms with Crippen LogP contribution in [-0.2, 0) is 11.3 Å². The second-order valence-electron chi connectivity index (χ2n) is 6.97. The summed E-state index contributed by atoms with van der Waals surface area (Å²) in [5.74, 6) is 0.737. The van der Waals surface area contributed by atoms with Crippen LogP contribution in [0.2, 0.25) is 0 Å². The van der Waals surface area contributed by atoms with Gasteiger partial charge in [-0.15, -0.1) is 0 Å². The van der Waals surface area contributed by atoms with E-state index in [4.69, 9.17) is 9.72 Å². The molecule has 0 aliphatic rings. The summed E-state index contributed by atoms with van der Waals surface area (Å²) in [6.45, 7) is 5.79. The second-order valence-corrected chi connectivity index (χ2v) is 6.97. The molecule has 1 N–H and O–H groups in total. The van der Waals surface area contributed by atoms with Crippen LogP contribution in [0.3, 0.4) is 0 Å². The number of carbonyl (C=O) groups excluding carboxylic acids is 1. The number of para-hydroxylation sites is 1. The van der Waals surface area contributed by atoms with E-state index in [2.05, 4.69) is 5.32 Å². The molecule has 0 saturated carbocycles. The summed E-state index contributed by atoms with van der Waals surface area (Å²) in [4.78, 5) is 16.7. The number of alkyl carbamates (subject to hydrolysis) is 1. The molecule has 3 rings (SSSR count). The van der Waals surface area contributed by atoms with Crippen molar-refractivity contribution in [2.45, 2.75) is 32.9 Å². The van der Waals surface area contributed by atoms with E-state index in [9.17, 15) is 4.79 Å². The molecule has 0 aliphatic carbocycles. The van der Waals surface area contributed by atoms with Crippen molar-refractivity contribution in [1.29, 1.82) is 0 Å². The highest BCUT2D eigenvalue weighted by Crippen LogP contribution is 2.21. The van der Waals surface area contributed by atoms with Crippen LogP contribution in [0.5, 0.6) is 0 Å². The van der Waals surface area contributed by atoms with Crippen LogP contribution in [-0.4, -0.2) is 21.2 Å². The van der Waals surface area contributed by atoms with Gasteiger partial charge in [-0.2, -0.15) is 0 Å². The molecule has 0 saturated heterocycles. The molecule has 1 heterocycles. The third kappa shape index (κ3) is 4.51. The van der Waals surface area contributed by atoms with Gasteiger partial charge in [-0.05, 0) is 32.9 Å². The highest BCUT2D eigenvalue weighted by molar-refractivity contribution is 5.67. The zero-order valence-electron chi connectivity index (χ0n) is 15.3. The molecule has 0 spiro atoms. The van der Waals surface area contributed by atoms with Crippen molar-refractivity contribution in [3.63, 3.8) is 0 Å². The summed E-state index contributed by atoms with van der Waals surface area (Å²) in [6, 6.07) is 19.9. The van der Waals surface area contributed by atoms with Crippen LogP contribution in [0.1, 0.15) is 26.6 Å². The van der Waals surface area contributed by atoms with Gasteiger partial charge in [0.15, 0.2) is 0 Å². The first-order valence-corrected chi connectivity index (χ1v) is 8.58. The minimum absolute atomic E-state index is 0.274. The molecule has 134 valence electrons. The molecule has 26 heavy (non-hydrogen) atoms. The van der Waals surface area contributed by atoms with Crippen LogP contribution >= 0.6 is 0 Å². The van der Waals surface area contributed by atoms with E-state index in [1.165, 1.54) is 0 Å². The number of hydrogen-bond donors (Lipinski definition) is 1. The van der Waals surface area contributed by atoms with Gasteiger partial charge >= 0.3 is 6.09 Å². The van der Waals surface area contributed by atoms with Crippen LogP contribution in [0.15, 0.2) is 66.9 Å². The summed E-state index contributed by atoms with van der Waals surface area (Å²) < 4.78 is 7.30. The van der Waals surface area contributed by atoms with Crippen LogP contribution < -0.4 is 5.32 Å². The van der Waals surface area contributed by atoms with E-state index in [0.717, 1.165) is 22.8 Å². The predicted molar refractivity (Wildman–Crippen MR) is 102 cm³/mol. The highest BCUT2D eigenvalue weighted by Gasteiger charge is 2.17. The molecule has 5 nitrogen and oxygen atoms in total. The van der Waals surface area contributed by atoms with Gasteiger partial charge in [0, 0.05) is 17.4 Å². The second kappa shape index (κ2) is 7.44. The molecule has 0 aliphatic heterocycles. The Kier molecular flexibility index (Phi) is 5.07. The molecule has 0 radical (unpaired) electrons. The lowest BCUT2D eigenvalue weighted by Crippen LogP contribution is -2.32. The molecule has 1 aromatic heterocycles. The van der Waals surface area contributed by atoms with E-state index in [1.54, 1.807) is 0 Å². The van der Waals surface area contributed by atoms with Crippen molar-refractivity contribution in [3.05, 3.63) is 72.7 Å². The fraction of sp³-hybridized carbons (Fsp3) is 0.238. The maximum Gasteiger partial charge on any atom is 0.408 e. The first-order valence-electron chi connectivity index (χ1n) is 8.58. The van der Waals surface area contributed by atoms with Crippen molar-refractivity contribution in [2.75, 3.05) is 0 Å². The number of carbonyl (C=O) groups is 1. The van der Waals surface area contributed by atoms with Gasteiger partial charge in [-0.1, -0.05) is 48.5 Å². The number of imidazole rings is 1. The summed E-state index contributed by atoms with van der Waals surface area (Å²) in [5.41, 5.74) is 2.34. The molecule has 0 bridgehead atoms. The van der Waals surface area contributed by atoms with Gasteiger partial charge in [0.1, 0.15) is 11.4 Å². The van der Waals surface area contributed by atoms with Crippen molar-refractivity contribution in [1.82, 2.24) is 14.9 Å². The maximum atomic E-state index is 12.0. The van der Waals surface area contributed by atoms with Gasteiger partial charge in [-0.25, -0.2) is 9.78 Å². The van der Waals surface area contributed by atoms with E-state index in [1.807, 2.05) is 92.2 Å². The van der Waals surface area contributed by atoms with E-state index >= 15 is 0 Å². The standard InChI is InChI=1S/C21H23N3O2/c1-21(2,3)26-20(25)22-14-19-23-18(16-10-6-4-7-11-16)15-24(19)17-12-8-5-9-13-17/h4-13,15H,14H2,1-3H3,(H,22,25). The Morgan fingerprint density at radius 2 is 1.65 bits per heavy atom. The number of amides is 1. The minimum atomic E-state index is -0.534. The fourth-order valence-corrected chi connectivity index (χ4v) is 2.57. The normalized spacial score (nSPS) is 11.2. The number of aromatic nitrogens is 2. The van der Waals surface area contributed by atoms with Crippen LogP contribution in [0.4, 0.5) is 4.79 Å². The average molecular weight is 349 g/mol. The Hall–Kier alpha value is -3.08. The molecule has 1 amide bonds. The molecule has 0 unspecified atom stereocenters. The number of ether oxygens (including phenoxy) is 1. The summed E-state index contributed by atoms with van der Waals surface area (Å²) in [5, 5.41) is 2.79. The molecule has 0 atom stereocenters. The molecular weight excluding hydrogens is 326 g/mol. The first kappa shape index (κ1) is 17.7. The number of hydrogen-bond acceptors (Lipinski definition) is 3. The highest BCUT2D eigenvalue weighted by atomic mass is 16.6. The Morgan fingerprint density at radius 3 is 2.27 bits per heavy atom. The quantitative estimate of drug-likeness (QED) is 0.751. The average Bonchev–Trinajstić information content (AvgIpc) is 3.04. The predicted octanol–water partition coefficient (Wildman–Crippen LogP) is 4.56. The van der Waals surface area contributed by atoms with E-state index < -0.39 is 11.7 Å². The molecule has 2 aromatic carbocycles. The number of nitrogens with zero attached hydrogens (tertiary/aromatic N) is 2. The SMILES string of the molecule is CC(C)(C)OC(=O)NCc1nc(-c2ccccc2)cn1-c1ccccc1. The van der Waals surface area contributed by atoms with Crippen molar-refractivity contribution < 1.29 is 9.53 Å². The Labute approximate surface area is 153 Å². The molecule has 5 heteroatoms. The maximum absolute atomic E-state index is 12.0. The third-order valence-electron chi connectivity index (χ3n) is 3.67. The molecular formula is C21H23N3O2. The fourth-order valence-electron chi connectivity index (χ4n) is 2.57. The summed E-state index contributed by atoms with van der Waals surface area (Å²) in [6.07, 6.45) is 1.53. The first-order chi connectivity index (χ1) is 12.4. The molecule has 0 fully saturated rings. The summed E-state index contributed by atoms with van der Waals surface area (Å²) >= 11 is 0. The van der Waals surface area contributed by atoms with Gasteiger partial charge in [0.2, 0.25) is 0 Å². The molecule has 3 aromatic rings. The monoisotopic (exact) mass is 349 g/mol. The Bertz CT molecular complexity index is 865. The van der Waals surface area contributed by atoms with E-state index in [-0.39, 0.29) is 6.54 Å². The minimum Gasteiger partial charge on any atom is -0.444 e. The lowest BCUT2D eigenvalue weighted by molar-refractivity contribution is 0.0522. The Morgan fingerprint density at radius 1 is 1.04 bits per heavy atom. The Balaban J connectivity index is 1.88. The summed E-state index contributed by atoms with van der Waals surface area (Å²) in [7, 11) is 0. The number of benzene rings is 2. The zero-order valence-corrected chi connectivity index (χ0v) is 15.3. The van der Waals surface area contributed by atoms with Crippen LogP contribution in [0.25, 0.3) is 16.9 Å². The van der Waals surface area contributed by atoms with Gasteiger partial charge in [0.25, 0.3) is 0 Å². The third-order valence-corrected chi connectivity index (χ3v) is 3.67. The largest absolute Gasteiger partial charge is 0.444 e. The lowest BCUT2D eigenvalue weighted by atomic mass is 10.2. The van der Waals surface area contributed by atoms with Crippen molar-refractivity contribution in [3.8, 4) is 16.9 Å². The van der Waals surface area contributed by atoms with Crippen molar-refractivity contribution in [2.24, 2.45) is 0 Å². The van der Waals surface area contributed by atoms with Gasteiger partial charge in [0.05, 0.1) is 12.2 Å². The zero-order chi connectivity index (χ0) is 18.6. The van der Waals surface area contributed by atoms with Gasteiger partial charge in [-0.3, -0.25) is 0 Å². The number of nitrogens with one attached hydrogen (secondary N) is 1.